The highest BCUT2D eigenvalue weighted by molar-refractivity contribution is 5.69. The number of carbonyl (C=O) groups is 2. The SMILES string of the molecule is CCC(=O)OCCc1ccc(C)cc1.CCOC(=O)CC. The molecule has 0 aromatic heterocycles. The van der Waals surface area contributed by atoms with Crippen molar-refractivity contribution in [3.05, 3.63) is 35.4 Å². The standard InChI is InChI=1S/C12H16O2.C5H10O2/c1-3-12(13)14-9-8-11-6-4-10(2)5-7-11;1-3-5(6)7-4-2/h4-7H,3,8-9H2,1-2H3;3-4H2,1-2H3. The topological polar surface area (TPSA) is 52.6 Å². The maximum Gasteiger partial charge on any atom is 0.305 e. The van der Waals surface area contributed by atoms with Gasteiger partial charge in [-0.1, -0.05) is 43.7 Å². The number of rotatable bonds is 6. The van der Waals surface area contributed by atoms with Crippen LogP contribution >= 0.6 is 0 Å². The number of aryl methyl sites for hydroxylation is 1. The Balaban J connectivity index is 0.000000486. The van der Waals surface area contributed by atoms with Gasteiger partial charge in [0.25, 0.3) is 0 Å². The van der Waals surface area contributed by atoms with Gasteiger partial charge in [-0.25, -0.2) is 0 Å². The molecule has 0 aliphatic rings. The van der Waals surface area contributed by atoms with E-state index in [1.807, 2.05) is 0 Å². The second-order valence-electron chi connectivity index (χ2n) is 4.47. The minimum atomic E-state index is -0.128. The van der Waals surface area contributed by atoms with Crippen molar-refractivity contribution < 1.29 is 19.1 Å². The van der Waals surface area contributed by atoms with Gasteiger partial charge in [0, 0.05) is 19.3 Å². The van der Waals surface area contributed by atoms with Gasteiger partial charge < -0.3 is 9.47 Å². The van der Waals surface area contributed by atoms with E-state index in [2.05, 4.69) is 35.9 Å². The van der Waals surface area contributed by atoms with Crippen LogP contribution < -0.4 is 0 Å². The third kappa shape index (κ3) is 10.6. The molecule has 1 aromatic carbocycles. The summed E-state index contributed by atoms with van der Waals surface area (Å²) in [6, 6.07) is 8.26. The minimum absolute atomic E-state index is 0.123. The molecule has 4 nitrogen and oxygen atoms in total. The van der Waals surface area contributed by atoms with Crippen molar-refractivity contribution in [1.29, 1.82) is 0 Å². The number of hydrogen-bond donors (Lipinski definition) is 0. The van der Waals surface area contributed by atoms with Crippen LogP contribution in [0.2, 0.25) is 0 Å². The quantitative estimate of drug-likeness (QED) is 0.754. The van der Waals surface area contributed by atoms with Crippen molar-refractivity contribution in [3.63, 3.8) is 0 Å². The molecule has 0 radical (unpaired) electrons. The van der Waals surface area contributed by atoms with Crippen LogP contribution in [0, 0.1) is 6.92 Å². The predicted molar refractivity (Wildman–Crippen MR) is 83.1 cm³/mol. The maximum absolute atomic E-state index is 10.8. The van der Waals surface area contributed by atoms with Gasteiger partial charge in [0.15, 0.2) is 0 Å². The van der Waals surface area contributed by atoms with Crippen molar-refractivity contribution in [3.8, 4) is 0 Å². The number of ether oxygens (including phenoxy) is 2. The molecule has 21 heavy (non-hydrogen) atoms. The van der Waals surface area contributed by atoms with E-state index in [0.29, 0.717) is 26.1 Å². The fourth-order valence-corrected chi connectivity index (χ4v) is 1.40. The molecule has 0 spiro atoms. The first kappa shape index (κ1) is 19.2. The molecular weight excluding hydrogens is 268 g/mol. The van der Waals surface area contributed by atoms with Crippen LogP contribution in [0.15, 0.2) is 24.3 Å². The molecule has 0 aliphatic carbocycles. The Bertz CT molecular complexity index is 409. The Kier molecular flexibility index (Phi) is 10.9. The van der Waals surface area contributed by atoms with Gasteiger partial charge in [-0.05, 0) is 19.4 Å². The molecular formula is C17H26O4. The van der Waals surface area contributed by atoms with Crippen molar-refractivity contribution in [1.82, 2.24) is 0 Å². The first-order valence-corrected chi connectivity index (χ1v) is 7.40. The normalized spacial score (nSPS) is 9.33. The summed E-state index contributed by atoms with van der Waals surface area (Å²) < 4.78 is 9.54. The molecule has 0 N–H and O–H groups in total. The second kappa shape index (κ2) is 11.9. The van der Waals surface area contributed by atoms with Crippen molar-refractivity contribution in [2.75, 3.05) is 13.2 Å². The average Bonchev–Trinajstić information content (AvgIpc) is 2.50. The van der Waals surface area contributed by atoms with E-state index in [-0.39, 0.29) is 11.9 Å². The number of carbonyl (C=O) groups excluding carboxylic acids is 2. The molecule has 0 fully saturated rings. The van der Waals surface area contributed by atoms with E-state index < -0.39 is 0 Å². The lowest BCUT2D eigenvalue weighted by atomic mass is 10.1. The van der Waals surface area contributed by atoms with Gasteiger partial charge >= 0.3 is 11.9 Å². The van der Waals surface area contributed by atoms with Gasteiger partial charge in [0.1, 0.15) is 0 Å². The van der Waals surface area contributed by atoms with Crippen LogP contribution in [0.3, 0.4) is 0 Å². The van der Waals surface area contributed by atoms with Crippen LogP contribution in [-0.2, 0) is 25.5 Å². The molecule has 0 aliphatic heterocycles. The van der Waals surface area contributed by atoms with Crippen LogP contribution in [0.5, 0.6) is 0 Å². The maximum atomic E-state index is 10.8. The Morgan fingerprint density at radius 1 is 0.905 bits per heavy atom. The van der Waals surface area contributed by atoms with E-state index in [4.69, 9.17) is 4.74 Å². The molecule has 1 rings (SSSR count). The van der Waals surface area contributed by atoms with E-state index in [9.17, 15) is 9.59 Å². The highest BCUT2D eigenvalue weighted by atomic mass is 16.5. The molecule has 1 aromatic rings. The highest BCUT2D eigenvalue weighted by Crippen LogP contribution is 2.04. The van der Waals surface area contributed by atoms with Crippen LogP contribution in [0.25, 0.3) is 0 Å². The third-order valence-electron chi connectivity index (χ3n) is 2.66. The zero-order chi connectivity index (χ0) is 16.1. The molecule has 0 bridgehead atoms. The molecule has 0 saturated heterocycles. The average molecular weight is 294 g/mol. The molecule has 0 unspecified atom stereocenters. The summed E-state index contributed by atoms with van der Waals surface area (Å²) in [5.41, 5.74) is 2.46. The Labute approximate surface area is 127 Å². The molecule has 0 amide bonds. The second-order valence-corrected chi connectivity index (χ2v) is 4.47. The first-order valence-electron chi connectivity index (χ1n) is 7.40. The van der Waals surface area contributed by atoms with Crippen molar-refractivity contribution in [2.45, 2.75) is 47.0 Å². The number of benzene rings is 1. The molecule has 0 saturated carbocycles. The smallest absolute Gasteiger partial charge is 0.305 e. The molecule has 118 valence electrons. The van der Waals surface area contributed by atoms with E-state index in [1.54, 1.807) is 20.8 Å². The summed E-state index contributed by atoms with van der Waals surface area (Å²) >= 11 is 0. The zero-order valence-corrected chi connectivity index (χ0v) is 13.5. The largest absolute Gasteiger partial charge is 0.466 e. The first-order chi connectivity index (χ1) is 10.0. The summed E-state index contributed by atoms with van der Waals surface area (Å²) in [5, 5.41) is 0. The van der Waals surface area contributed by atoms with Crippen molar-refractivity contribution in [2.24, 2.45) is 0 Å². The summed E-state index contributed by atoms with van der Waals surface area (Å²) in [6.45, 7) is 8.41. The Morgan fingerprint density at radius 2 is 1.43 bits per heavy atom. The minimum Gasteiger partial charge on any atom is -0.466 e. The lowest BCUT2D eigenvalue weighted by Gasteiger charge is -2.03. The Hall–Kier alpha value is -1.84. The highest BCUT2D eigenvalue weighted by Gasteiger charge is 1.98. The fourth-order valence-electron chi connectivity index (χ4n) is 1.40. The van der Waals surface area contributed by atoms with Gasteiger partial charge in [-0.3, -0.25) is 9.59 Å². The zero-order valence-electron chi connectivity index (χ0n) is 13.5. The van der Waals surface area contributed by atoms with Gasteiger partial charge in [0.2, 0.25) is 0 Å². The summed E-state index contributed by atoms with van der Waals surface area (Å²) in [4.78, 5) is 21.0. The summed E-state index contributed by atoms with van der Waals surface area (Å²) in [5.74, 6) is -0.250. The van der Waals surface area contributed by atoms with Gasteiger partial charge in [-0.15, -0.1) is 0 Å². The van der Waals surface area contributed by atoms with E-state index in [1.165, 1.54) is 11.1 Å². The molecule has 0 atom stereocenters. The molecule has 0 heterocycles. The fraction of sp³-hybridized carbons (Fsp3) is 0.529. The van der Waals surface area contributed by atoms with Crippen LogP contribution in [-0.4, -0.2) is 25.2 Å². The van der Waals surface area contributed by atoms with E-state index >= 15 is 0 Å². The molecule has 4 heteroatoms. The monoisotopic (exact) mass is 294 g/mol. The van der Waals surface area contributed by atoms with E-state index in [0.717, 1.165) is 6.42 Å². The third-order valence-corrected chi connectivity index (χ3v) is 2.66. The summed E-state index contributed by atoms with van der Waals surface area (Å²) in [6.07, 6.45) is 1.73. The Morgan fingerprint density at radius 3 is 1.86 bits per heavy atom. The predicted octanol–water partition coefficient (Wildman–Crippen LogP) is 3.45. The van der Waals surface area contributed by atoms with Crippen LogP contribution in [0.1, 0.15) is 44.7 Å². The lowest BCUT2D eigenvalue weighted by molar-refractivity contribution is -0.143. The van der Waals surface area contributed by atoms with Crippen molar-refractivity contribution >= 4 is 11.9 Å². The summed E-state index contributed by atoms with van der Waals surface area (Å²) in [7, 11) is 0. The van der Waals surface area contributed by atoms with Gasteiger partial charge in [0.05, 0.1) is 13.2 Å². The number of hydrogen-bond acceptors (Lipinski definition) is 4. The van der Waals surface area contributed by atoms with Crippen LogP contribution in [0.4, 0.5) is 0 Å². The number of esters is 2. The lowest BCUT2D eigenvalue weighted by Crippen LogP contribution is -2.05. The van der Waals surface area contributed by atoms with Gasteiger partial charge in [-0.2, -0.15) is 0 Å².